The summed E-state index contributed by atoms with van der Waals surface area (Å²) in [4.78, 5) is 7.93. The van der Waals surface area contributed by atoms with E-state index >= 15 is 0 Å². The largest absolute Gasteiger partial charge is 0.437 e. The van der Waals surface area contributed by atoms with Crippen molar-refractivity contribution in [3.8, 4) is 11.6 Å². The van der Waals surface area contributed by atoms with E-state index in [1.807, 2.05) is 0 Å². The third-order valence-electron chi connectivity index (χ3n) is 1.94. The number of rotatable bonds is 2. The zero-order chi connectivity index (χ0) is 12.4. The molecule has 1 aromatic heterocycles. The van der Waals surface area contributed by atoms with E-state index in [2.05, 4.69) is 9.97 Å². The zero-order valence-corrected chi connectivity index (χ0v) is 9.70. The maximum Gasteiger partial charge on any atom is 0.224 e. The van der Waals surface area contributed by atoms with E-state index in [0.29, 0.717) is 17.4 Å². The second-order valence-corrected chi connectivity index (χ2v) is 3.76. The van der Waals surface area contributed by atoms with Gasteiger partial charge in [-0.05, 0) is 25.1 Å². The Labute approximate surface area is 102 Å². The summed E-state index contributed by atoms with van der Waals surface area (Å²) in [6.07, 6.45) is 0. The maximum absolute atomic E-state index is 12.8. The van der Waals surface area contributed by atoms with E-state index in [1.54, 1.807) is 6.92 Å². The summed E-state index contributed by atoms with van der Waals surface area (Å²) < 4.78 is 18.2. The van der Waals surface area contributed by atoms with Gasteiger partial charge in [-0.3, -0.25) is 0 Å². The van der Waals surface area contributed by atoms with Crippen molar-refractivity contribution in [2.24, 2.45) is 0 Å². The van der Waals surface area contributed by atoms with Gasteiger partial charge >= 0.3 is 0 Å². The van der Waals surface area contributed by atoms with Crippen molar-refractivity contribution in [1.29, 1.82) is 0 Å². The van der Waals surface area contributed by atoms with Crippen molar-refractivity contribution >= 4 is 17.4 Å². The lowest BCUT2D eigenvalue weighted by atomic mass is 10.3. The first-order valence-corrected chi connectivity index (χ1v) is 5.16. The molecule has 1 heterocycles. The lowest BCUT2D eigenvalue weighted by Gasteiger charge is -2.07. The molecule has 2 N–H and O–H groups in total. The van der Waals surface area contributed by atoms with E-state index in [0.717, 1.165) is 6.07 Å². The lowest BCUT2D eigenvalue weighted by Crippen LogP contribution is -1.98. The van der Waals surface area contributed by atoms with Crippen LogP contribution in [0.3, 0.4) is 0 Å². The Balaban J connectivity index is 2.31. The first kappa shape index (κ1) is 11.6. The summed E-state index contributed by atoms with van der Waals surface area (Å²) in [5.41, 5.74) is 5.55. The minimum Gasteiger partial charge on any atom is -0.437 e. The van der Waals surface area contributed by atoms with Crippen LogP contribution in [0.4, 0.5) is 10.2 Å². The molecule has 0 aliphatic rings. The number of hydrogen-bond acceptors (Lipinski definition) is 4. The molecule has 0 fully saturated rings. The molecule has 0 aliphatic heterocycles. The Morgan fingerprint density at radius 3 is 2.71 bits per heavy atom. The summed E-state index contributed by atoms with van der Waals surface area (Å²) in [6, 6.07) is 5.30. The van der Waals surface area contributed by atoms with Gasteiger partial charge in [0.05, 0.1) is 5.02 Å². The van der Waals surface area contributed by atoms with Crippen LogP contribution in [0.1, 0.15) is 5.82 Å². The summed E-state index contributed by atoms with van der Waals surface area (Å²) in [7, 11) is 0. The van der Waals surface area contributed by atoms with Crippen LogP contribution in [0.25, 0.3) is 0 Å². The van der Waals surface area contributed by atoms with Crippen LogP contribution in [0, 0.1) is 12.7 Å². The van der Waals surface area contributed by atoms with Gasteiger partial charge in [0.25, 0.3) is 0 Å². The Morgan fingerprint density at radius 2 is 2.06 bits per heavy atom. The highest BCUT2D eigenvalue weighted by molar-refractivity contribution is 6.32. The number of hydrogen-bond donors (Lipinski definition) is 1. The molecule has 1 aromatic carbocycles. The molecule has 0 atom stereocenters. The predicted molar refractivity (Wildman–Crippen MR) is 62.7 cm³/mol. The number of nitrogens with zero attached hydrogens (tertiary/aromatic N) is 2. The third kappa shape index (κ3) is 2.82. The molecule has 0 aliphatic carbocycles. The smallest absolute Gasteiger partial charge is 0.224 e. The summed E-state index contributed by atoms with van der Waals surface area (Å²) in [5, 5.41) is 0.167. The van der Waals surface area contributed by atoms with Crippen LogP contribution in [0.2, 0.25) is 5.02 Å². The Hall–Kier alpha value is -1.88. The van der Waals surface area contributed by atoms with Crippen LogP contribution in [-0.4, -0.2) is 9.97 Å². The molecular formula is C11H9ClFN3O. The molecule has 0 unspecified atom stereocenters. The summed E-state index contributed by atoms with van der Waals surface area (Å²) in [6.45, 7) is 1.69. The van der Waals surface area contributed by atoms with E-state index in [1.165, 1.54) is 18.2 Å². The number of nitrogen functional groups attached to an aromatic ring is 1. The fourth-order valence-electron chi connectivity index (χ4n) is 1.29. The first-order chi connectivity index (χ1) is 8.04. The normalized spacial score (nSPS) is 10.3. The van der Waals surface area contributed by atoms with Gasteiger partial charge in [-0.2, -0.15) is 4.98 Å². The average Bonchev–Trinajstić information content (AvgIpc) is 2.21. The molecule has 0 saturated carbocycles. The van der Waals surface area contributed by atoms with E-state index in [4.69, 9.17) is 22.1 Å². The van der Waals surface area contributed by atoms with Gasteiger partial charge in [-0.1, -0.05) is 11.6 Å². The van der Waals surface area contributed by atoms with Crippen LogP contribution >= 0.6 is 11.6 Å². The predicted octanol–water partition coefficient (Wildman–Crippen LogP) is 2.95. The molecular weight excluding hydrogens is 245 g/mol. The van der Waals surface area contributed by atoms with Crippen LogP contribution in [0.5, 0.6) is 11.6 Å². The molecule has 88 valence electrons. The monoisotopic (exact) mass is 253 g/mol. The van der Waals surface area contributed by atoms with Crippen LogP contribution in [0.15, 0.2) is 24.3 Å². The van der Waals surface area contributed by atoms with Crippen molar-refractivity contribution in [3.05, 3.63) is 40.9 Å². The van der Waals surface area contributed by atoms with Crippen molar-refractivity contribution in [2.45, 2.75) is 6.92 Å². The van der Waals surface area contributed by atoms with E-state index in [9.17, 15) is 4.39 Å². The molecule has 2 aromatic rings. The summed E-state index contributed by atoms with van der Waals surface area (Å²) in [5.74, 6) is 0.929. The first-order valence-electron chi connectivity index (χ1n) is 4.78. The molecule has 0 amide bonds. The Morgan fingerprint density at radius 1 is 1.29 bits per heavy atom. The molecule has 0 bridgehead atoms. The Bertz CT molecular complexity index is 542. The fraction of sp³-hybridized carbons (Fsp3) is 0.0909. The van der Waals surface area contributed by atoms with Gasteiger partial charge in [0.15, 0.2) is 0 Å². The van der Waals surface area contributed by atoms with Crippen LogP contribution in [-0.2, 0) is 0 Å². The maximum atomic E-state index is 12.8. The molecule has 17 heavy (non-hydrogen) atoms. The van der Waals surface area contributed by atoms with Gasteiger partial charge in [-0.25, -0.2) is 9.37 Å². The van der Waals surface area contributed by atoms with E-state index < -0.39 is 5.82 Å². The topological polar surface area (TPSA) is 61.0 Å². The number of nitrogens with two attached hydrogens (primary N) is 1. The molecule has 0 spiro atoms. The second-order valence-electron chi connectivity index (χ2n) is 3.36. The highest BCUT2D eigenvalue weighted by Gasteiger charge is 2.06. The minimum atomic E-state index is -0.430. The minimum absolute atomic E-state index is 0.167. The second kappa shape index (κ2) is 4.55. The molecule has 2 rings (SSSR count). The number of halogens is 2. The number of ether oxygens (including phenoxy) is 1. The van der Waals surface area contributed by atoms with Crippen molar-refractivity contribution in [1.82, 2.24) is 9.97 Å². The van der Waals surface area contributed by atoms with Gasteiger partial charge in [0.2, 0.25) is 5.88 Å². The van der Waals surface area contributed by atoms with Crippen molar-refractivity contribution in [2.75, 3.05) is 5.73 Å². The quantitative estimate of drug-likeness (QED) is 0.894. The summed E-state index contributed by atoms with van der Waals surface area (Å²) >= 11 is 5.82. The molecule has 4 nitrogen and oxygen atoms in total. The number of anilines is 1. The zero-order valence-electron chi connectivity index (χ0n) is 8.95. The van der Waals surface area contributed by atoms with Crippen molar-refractivity contribution in [3.63, 3.8) is 0 Å². The van der Waals surface area contributed by atoms with Gasteiger partial charge in [0.1, 0.15) is 23.2 Å². The Kier molecular flexibility index (Phi) is 3.10. The van der Waals surface area contributed by atoms with Gasteiger partial charge < -0.3 is 10.5 Å². The highest BCUT2D eigenvalue weighted by atomic mass is 35.5. The standard InChI is InChI=1S/C11H9ClFN3O/c1-6-15-10(14)5-11(16-6)17-9-3-2-7(13)4-8(9)12/h2-5H,1H3,(H2,14,15,16). The van der Waals surface area contributed by atoms with E-state index in [-0.39, 0.29) is 10.9 Å². The van der Waals surface area contributed by atoms with Gasteiger partial charge in [-0.15, -0.1) is 0 Å². The third-order valence-corrected chi connectivity index (χ3v) is 2.24. The van der Waals surface area contributed by atoms with Crippen molar-refractivity contribution < 1.29 is 9.13 Å². The lowest BCUT2D eigenvalue weighted by molar-refractivity contribution is 0.459. The molecule has 0 radical (unpaired) electrons. The number of aryl methyl sites for hydroxylation is 1. The number of aromatic nitrogens is 2. The fourth-order valence-corrected chi connectivity index (χ4v) is 1.49. The SMILES string of the molecule is Cc1nc(N)cc(Oc2ccc(F)cc2Cl)n1. The number of benzene rings is 1. The average molecular weight is 254 g/mol. The van der Waals surface area contributed by atoms with Crippen LogP contribution < -0.4 is 10.5 Å². The molecule has 0 saturated heterocycles. The molecule has 6 heteroatoms. The van der Waals surface area contributed by atoms with Gasteiger partial charge in [0, 0.05) is 6.07 Å². The highest BCUT2D eigenvalue weighted by Crippen LogP contribution is 2.29.